The Labute approximate surface area is 223 Å². The second-order valence-electron chi connectivity index (χ2n) is 9.80. The Kier molecular flexibility index (Phi) is 6.41. The molecule has 0 atom stereocenters. The van der Waals surface area contributed by atoms with Crippen LogP contribution in [0.15, 0.2) is 88.8 Å². The molecule has 7 rings (SSSR count). The Hall–Kier alpha value is -2.95. The van der Waals surface area contributed by atoms with Crippen LogP contribution in [-0.4, -0.2) is 19.6 Å². The first-order valence-electron chi connectivity index (χ1n) is 12.9. The van der Waals surface area contributed by atoms with Crippen LogP contribution < -0.4 is 26.8 Å². The number of hydrogen-bond donors (Lipinski definition) is 0. The van der Waals surface area contributed by atoms with Crippen molar-refractivity contribution in [1.29, 1.82) is 0 Å². The number of hydrogen-bond acceptors (Lipinski definition) is 3. The molecule has 1 fully saturated rings. The van der Waals surface area contributed by atoms with Gasteiger partial charge in [0.05, 0.1) is 23.8 Å². The molecule has 4 heterocycles. The molecular formula is C31H30ClN3S. The number of halogens is 1. The molecule has 0 aliphatic carbocycles. The van der Waals surface area contributed by atoms with Gasteiger partial charge < -0.3 is 17.3 Å². The summed E-state index contributed by atoms with van der Waals surface area (Å²) in [4.78, 5) is 6.57. The molecule has 0 saturated carbocycles. The second-order valence-corrected chi connectivity index (χ2v) is 10.9. The van der Waals surface area contributed by atoms with Gasteiger partial charge in [-0.15, -0.1) is 0 Å². The summed E-state index contributed by atoms with van der Waals surface area (Å²) in [5.41, 5.74) is 6.76. The predicted molar refractivity (Wildman–Crippen MR) is 147 cm³/mol. The number of para-hydroxylation sites is 3. The molecule has 4 aromatic rings. The van der Waals surface area contributed by atoms with E-state index in [-0.39, 0.29) is 12.4 Å². The van der Waals surface area contributed by atoms with Crippen molar-refractivity contribution in [3.63, 3.8) is 0 Å². The number of aromatic nitrogens is 1. The Morgan fingerprint density at radius 3 is 2.44 bits per heavy atom. The maximum Gasteiger partial charge on any atom is 0.282 e. The van der Waals surface area contributed by atoms with Gasteiger partial charge in [-0.1, -0.05) is 60.3 Å². The molecule has 182 valence electrons. The molecule has 1 saturated heterocycles. The molecular weight excluding hydrogens is 482 g/mol. The van der Waals surface area contributed by atoms with E-state index in [4.69, 9.17) is 0 Å². The number of thioether (sulfide) groups is 1. The first-order valence-corrected chi connectivity index (χ1v) is 13.8. The lowest BCUT2D eigenvalue weighted by atomic mass is 10.0. The molecule has 3 aliphatic heterocycles. The highest BCUT2D eigenvalue weighted by molar-refractivity contribution is 8.03. The molecule has 3 aromatic carbocycles. The minimum Gasteiger partial charge on any atom is -1.00 e. The van der Waals surface area contributed by atoms with Crippen LogP contribution in [0.1, 0.15) is 36.8 Å². The van der Waals surface area contributed by atoms with Crippen molar-refractivity contribution >= 4 is 40.2 Å². The fraction of sp³-hybridized carbons (Fsp3) is 0.258. The SMILES string of the molecule is C(=C1Sc2cccc3c2N1CCC3)c1cc(N2CCCCC2)[n+](-c2ccccc2)c2ccccc12.[Cl-]. The number of piperidine rings is 1. The Morgan fingerprint density at radius 1 is 0.778 bits per heavy atom. The van der Waals surface area contributed by atoms with Crippen molar-refractivity contribution in [2.45, 2.75) is 37.0 Å². The van der Waals surface area contributed by atoms with Crippen LogP contribution in [0.5, 0.6) is 0 Å². The minimum absolute atomic E-state index is 0. The summed E-state index contributed by atoms with van der Waals surface area (Å²) >= 11 is 1.94. The van der Waals surface area contributed by atoms with Crippen molar-refractivity contribution in [2.75, 3.05) is 29.4 Å². The van der Waals surface area contributed by atoms with Crippen LogP contribution in [0.3, 0.4) is 0 Å². The molecule has 0 amide bonds. The average molecular weight is 512 g/mol. The summed E-state index contributed by atoms with van der Waals surface area (Å²) in [5.74, 6) is 1.31. The second kappa shape index (κ2) is 9.84. The minimum atomic E-state index is 0. The summed E-state index contributed by atoms with van der Waals surface area (Å²) in [5, 5.41) is 2.66. The summed E-state index contributed by atoms with van der Waals surface area (Å²) in [6.07, 6.45) is 8.72. The average Bonchev–Trinajstić information content (AvgIpc) is 3.28. The zero-order chi connectivity index (χ0) is 23.2. The fourth-order valence-corrected chi connectivity index (χ4v) is 7.16. The highest BCUT2D eigenvalue weighted by Gasteiger charge is 2.31. The van der Waals surface area contributed by atoms with Gasteiger partial charge in [0.25, 0.3) is 5.82 Å². The van der Waals surface area contributed by atoms with Crippen LogP contribution in [-0.2, 0) is 6.42 Å². The third-order valence-electron chi connectivity index (χ3n) is 7.60. The van der Waals surface area contributed by atoms with Crippen molar-refractivity contribution in [2.24, 2.45) is 0 Å². The van der Waals surface area contributed by atoms with Gasteiger partial charge >= 0.3 is 0 Å². The summed E-state index contributed by atoms with van der Waals surface area (Å²) < 4.78 is 2.47. The molecule has 0 radical (unpaired) electrons. The molecule has 1 aromatic heterocycles. The zero-order valence-electron chi connectivity index (χ0n) is 20.4. The lowest BCUT2D eigenvalue weighted by molar-refractivity contribution is -0.554. The first kappa shape index (κ1) is 23.4. The number of aryl methyl sites for hydroxylation is 1. The third kappa shape index (κ3) is 3.97. The Bertz CT molecular complexity index is 1440. The van der Waals surface area contributed by atoms with E-state index in [0.29, 0.717) is 0 Å². The molecule has 36 heavy (non-hydrogen) atoms. The number of benzene rings is 3. The van der Waals surface area contributed by atoms with E-state index in [1.165, 1.54) is 81.3 Å². The lowest BCUT2D eigenvalue weighted by Gasteiger charge is -2.27. The molecule has 0 unspecified atom stereocenters. The number of fused-ring (bicyclic) bond motifs is 1. The van der Waals surface area contributed by atoms with Crippen molar-refractivity contribution < 1.29 is 17.0 Å². The highest BCUT2D eigenvalue weighted by atomic mass is 35.5. The third-order valence-corrected chi connectivity index (χ3v) is 8.70. The van der Waals surface area contributed by atoms with Gasteiger partial charge in [0.15, 0.2) is 0 Å². The summed E-state index contributed by atoms with van der Waals surface area (Å²) in [7, 11) is 0. The molecule has 3 nitrogen and oxygen atoms in total. The number of anilines is 2. The number of nitrogens with zero attached hydrogens (tertiary/aromatic N) is 3. The van der Waals surface area contributed by atoms with E-state index in [1.54, 1.807) is 0 Å². The van der Waals surface area contributed by atoms with Gasteiger partial charge in [-0.05, 0) is 73.6 Å². The quantitative estimate of drug-likeness (QED) is 0.386. The monoisotopic (exact) mass is 511 g/mol. The van der Waals surface area contributed by atoms with Gasteiger partial charge in [0.2, 0.25) is 0 Å². The zero-order valence-corrected chi connectivity index (χ0v) is 21.9. The van der Waals surface area contributed by atoms with Gasteiger partial charge in [-0.3, -0.25) is 4.90 Å². The van der Waals surface area contributed by atoms with Crippen LogP contribution in [0.4, 0.5) is 11.5 Å². The predicted octanol–water partition coefficient (Wildman–Crippen LogP) is 3.97. The van der Waals surface area contributed by atoms with Crippen molar-refractivity contribution in [3.05, 3.63) is 95.0 Å². The highest BCUT2D eigenvalue weighted by Crippen LogP contribution is 2.50. The van der Waals surface area contributed by atoms with Gasteiger partial charge in [-0.2, -0.15) is 4.57 Å². The molecule has 5 heteroatoms. The number of pyridine rings is 1. The van der Waals surface area contributed by atoms with Gasteiger partial charge in [0, 0.05) is 22.9 Å². The Morgan fingerprint density at radius 2 is 1.58 bits per heavy atom. The maximum absolute atomic E-state index is 2.60. The van der Waals surface area contributed by atoms with Crippen LogP contribution in [0.25, 0.3) is 22.7 Å². The summed E-state index contributed by atoms with van der Waals surface area (Å²) in [6.45, 7) is 3.35. The lowest BCUT2D eigenvalue weighted by Crippen LogP contribution is -3.00. The van der Waals surface area contributed by atoms with E-state index < -0.39 is 0 Å². The van der Waals surface area contributed by atoms with Crippen LogP contribution in [0, 0.1) is 0 Å². The molecule has 0 bridgehead atoms. The van der Waals surface area contributed by atoms with E-state index in [0.717, 1.165) is 19.6 Å². The van der Waals surface area contributed by atoms with Gasteiger partial charge in [0.1, 0.15) is 11.2 Å². The number of rotatable bonds is 3. The smallest absolute Gasteiger partial charge is 0.282 e. The maximum atomic E-state index is 2.60. The van der Waals surface area contributed by atoms with E-state index in [9.17, 15) is 0 Å². The first-order chi connectivity index (χ1) is 17.4. The van der Waals surface area contributed by atoms with Gasteiger partial charge in [-0.25, -0.2) is 0 Å². The normalized spacial score (nSPS) is 17.8. The van der Waals surface area contributed by atoms with Crippen molar-refractivity contribution in [3.8, 4) is 5.69 Å². The van der Waals surface area contributed by atoms with Crippen LogP contribution >= 0.6 is 11.8 Å². The molecule has 0 N–H and O–H groups in total. The van der Waals surface area contributed by atoms with E-state index >= 15 is 0 Å². The molecule has 3 aliphatic rings. The fourth-order valence-electron chi connectivity index (χ4n) is 5.97. The largest absolute Gasteiger partial charge is 1.00 e. The van der Waals surface area contributed by atoms with Crippen molar-refractivity contribution in [1.82, 2.24) is 0 Å². The van der Waals surface area contributed by atoms with Crippen LogP contribution in [0.2, 0.25) is 0 Å². The Balaban J connectivity index is 0.00000240. The standard InChI is InChI=1S/C31H30N3S.ClH/c1-3-13-25(14-4-1)34-27-16-6-5-15-26(27)24(21-29(34)32-18-7-2-8-19-32)22-30-33-20-10-12-23-11-9-17-28(35-30)31(23)33;/h1,3-6,9,11,13-17,21-22H,2,7-8,10,12,18-20H2;1H/q+1;/p-1. The topological polar surface area (TPSA) is 10.4 Å². The summed E-state index contributed by atoms with van der Waals surface area (Å²) in [6, 6.07) is 29.1. The van der Waals surface area contributed by atoms with E-state index in [1.807, 2.05) is 11.8 Å². The van der Waals surface area contributed by atoms with E-state index in [2.05, 4.69) is 99.3 Å². The molecule has 0 spiro atoms.